The van der Waals surface area contributed by atoms with Gasteiger partial charge in [0.1, 0.15) is 5.75 Å². The molecule has 0 spiro atoms. The van der Waals surface area contributed by atoms with Gasteiger partial charge in [-0.05, 0) is 31.0 Å². The van der Waals surface area contributed by atoms with E-state index in [1.54, 1.807) is 24.3 Å². The molecule has 1 aliphatic rings. The van der Waals surface area contributed by atoms with Crippen LogP contribution in [-0.4, -0.2) is 49.0 Å². The number of anilines is 1. The standard InChI is InChI=1S/C16H20N4O4S2/c1-24-13-8-6-7-12(11-13)14(21)17-15-18-19-16(25-15)26(22,23)20-9-4-2-3-5-10-20/h6-8,11H,2-5,9-10H2,1H3,(H,17,18,21). The number of ether oxygens (including phenoxy) is 1. The van der Waals surface area contributed by atoms with E-state index in [1.165, 1.54) is 11.4 Å². The van der Waals surface area contributed by atoms with E-state index in [1.807, 2.05) is 0 Å². The predicted octanol–water partition coefficient (Wildman–Crippen LogP) is 2.36. The van der Waals surface area contributed by atoms with Crippen molar-refractivity contribution in [3.05, 3.63) is 29.8 Å². The maximum atomic E-state index is 12.7. The zero-order valence-corrected chi connectivity index (χ0v) is 16.0. The Kier molecular flexibility index (Phi) is 5.84. The van der Waals surface area contributed by atoms with Gasteiger partial charge in [-0.2, -0.15) is 4.31 Å². The molecule has 3 rings (SSSR count). The number of sulfonamides is 1. The molecule has 1 fully saturated rings. The minimum Gasteiger partial charge on any atom is -0.497 e. The van der Waals surface area contributed by atoms with Crippen LogP contribution in [0, 0.1) is 0 Å². The zero-order chi connectivity index (χ0) is 18.6. The first-order valence-corrected chi connectivity index (χ1v) is 10.6. The van der Waals surface area contributed by atoms with Crippen LogP contribution in [0.15, 0.2) is 28.6 Å². The first-order chi connectivity index (χ1) is 12.5. The van der Waals surface area contributed by atoms with Crippen LogP contribution in [-0.2, 0) is 10.0 Å². The summed E-state index contributed by atoms with van der Waals surface area (Å²) in [5.41, 5.74) is 0.386. The molecule has 0 saturated carbocycles. The molecule has 8 nitrogen and oxygen atoms in total. The average Bonchev–Trinajstić information content (AvgIpc) is 2.94. The van der Waals surface area contributed by atoms with Gasteiger partial charge in [0.2, 0.25) is 9.47 Å². The molecule has 1 aliphatic heterocycles. The molecular formula is C16H20N4O4S2. The maximum absolute atomic E-state index is 12.7. The third kappa shape index (κ3) is 4.19. The van der Waals surface area contributed by atoms with Crippen molar-refractivity contribution in [2.24, 2.45) is 0 Å². The molecule has 10 heteroatoms. The number of carbonyl (C=O) groups excluding carboxylic acids is 1. The molecule has 0 aliphatic carbocycles. The third-order valence-corrected chi connectivity index (χ3v) is 7.17. The van der Waals surface area contributed by atoms with Crippen molar-refractivity contribution in [3.63, 3.8) is 0 Å². The van der Waals surface area contributed by atoms with Crippen LogP contribution >= 0.6 is 11.3 Å². The number of carbonyl (C=O) groups is 1. The smallest absolute Gasteiger partial charge is 0.272 e. The second-order valence-corrected chi connectivity index (χ2v) is 8.97. The van der Waals surface area contributed by atoms with Gasteiger partial charge >= 0.3 is 0 Å². The van der Waals surface area contributed by atoms with Crippen LogP contribution in [0.4, 0.5) is 5.13 Å². The summed E-state index contributed by atoms with van der Waals surface area (Å²) in [6.07, 6.45) is 3.75. The van der Waals surface area contributed by atoms with E-state index < -0.39 is 15.9 Å². The fourth-order valence-electron chi connectivity index (χ4n) is 2.69. The second kappa shape index (κ2) is 8.11. The van der Waals surface area contributed by atoms with Gasteiger partial charge in [0.15, 0.2) is 0 Å². The van der Waals surface area contributed by atoms with Gasteiger partial charge < -0.3 is 4.74 Å². The number of hydrogen-bond acceptors (Lipinski definition) is 7. The largest absolute Gasteiger partial charge is 0.497 e. The molecule has 2 aromatic rings. The summed E-state index contributed by atoms with van der Waals surface area (Å²) < 4.78 is 31.8. The third-order valence-electron chi connectivity index (χ3n) is 4.08. The molecule has 1 amide bonds. The number of rotatable bonds is 5. The molecule has 1 aromatic heterocycles. The van der Waals surface area contributed by atoms with Crippen LogP contribution in [0.25, 0.3) is 0 Å². The summed E-state index contributed by atoms with van der Waals surface area (Å²) in [6, 6.07) is 6.65. The zero-order valence-electron chi connectivity index (χ0n) is 14.3. The second-order valence-electron chi connectivity index (χ2n) is 5.88. The SMILES string of the molecule is COc1cccc(C(=O)Nc2nnc(S(=O)(=O)N3CCCCCC3)s2)c1. The Labute approximate surface area is 156 Å². The fourth-order valence-corrected chi connectivity index (χ4v) is 5.24. The van der Waals surface area contributed by atoms with Gasteiger partial charge in [0, 0.05) is 18.7 Å². The number of nitrogens with zero attached hydrogens (tertiary/aromatic N) is 3. The Balaban J connectivity index is 1.73. The molecule has 0 atom stereocenters. The van der Waals surface area contributed by atoms with E-state index in [4.69, 9.17) is 4.74 Å². The number of aromatic nitrogens is 2. The monoisotopic (exact) mass is 396 g/mol. The van der Waals surface area contributed by atoms with Crippen LogP contribution in [0.3, 0.4) is 0 Å². The average molecular weight is 396 g/mol. The molecule has 1 N–H and O–H groups in total. The normalized spacial score (nSPS) is 16.0. The Morgan fingerprint density at radius 1 is 1.19 bits per heavy atom. The van der Waals surface area contributed by atoms with Gasteiger partial charge in [-0.25, -0.2) is 8.42 Å². The van der Waals surface area contributed by atoms with Crippen molar-refractivity contribution in [2.45, 2.75) is 30.0 Å². The quantitative estimate of drug-likeness (QED) is 0.779. The highest BCUT2D eigenvalue weighted by Crippen LogP contribution is 2.26. The molecule has 0 unspecified atom stereocenters. The van der Waals surface area contributed by atoms with E-state index in [9.17, 15) is 13.2 Å². The molecule has 2 heterocycles. The lowest BCUT2D eigenvalue weighted by Crippen LogP contribution is -2.31. The van der Waals surface area contributed by atoms with Crippen molar-refractivity contribution in [1.82, 2.24) is 14.5 Å². The molecular weight excluding hydrogens is 376 g/mol. The minimum atomic E-state index is -3.67. The van der Waals surface area contributed by atoms with Gasteiger partial charge in [-0.15, -0.1) is 10.2 Å². The summed E-state index contributed by atoms with van der Waals surface area (Å²) in [5, 5.41) is 10.3. The van der Waals surface area contributed by atoms with Crippen molar-refractivity contribution >= 4 is 32.4 Å². The Hall–Kier alpha value is -2.04. The summed E-state index contributed by atoms with van der Waals surface area (Å²) in [6.45, 7) is 0.987. The topological polar surface area (TPSA) is 101 Å². The van der Waals surface area contributed by atoms with Crippen LogP contribution in [0.1, 0.15) is 36.0 Å². The molecule has 1 aromatic carbocycles. The summed E-state index contributed by atoms with van der Waals surface area (Å²) in [4.78, 5) is 12.3. The van der Waals surface area contributed by atoms with Gasteiger partial charge in [0.05, 0.1) is 7.11 Å². The Morgan fingerprint density at radius 3 is 2.62 bits per heavy atom. The number of amides is 1. The number of benzene rings is 1. The van der Waals surface area contributed by atoms with E-state index in [2.05, 4.69) is 15.5 Å². The predicted molar refractivity (Wildman–Crippen MR) is 98.1 cm³/mol. The van der Waals surface area contributed by atoms with Gasteiger partial charge in [-0.1, -0.05) is 30.2 Å². The Bertz CT molecular complexity index is 874. The van der Waals surface area contributed by atoms with Gasteiger partial charge in [0.25, 0.3) is 15.9 Å². The van der Waals surface area contributed by atoms with Crippen LogP contribution in [0.5, 0.6) is 5.75 Å². The molecule has 26 heavy (non-hydrogen) atoms. The molecule has 140 valence electrons. The minimum absolute atomic E-state index is 0.0969. The Morgan fingerprint density at radius 2 is 1.92 bits per heavy atom. The molecule has 1 saturated heterocycles. The van der Waals surface area contributed by atoms with Gasteiger partial charge in [-0.3, -0.25) is 10.1 Å². The highest BCUT2D eigenvalue weighted by atomic mass is 32.2. The fraction of sp³-hybridized carbons (Fsp3) is 0.438. The van der Waals surface area contributed by atoms with Crippen molar-refractivity contribution in [1.29, 1.82) is 0 Å². The first-order valence-electron chi connectivity index (χ1n) is 8.30. The summed E-state index contributed by atoms with van der Waals surface area (Å²) >= 11 is 0.858. The maximum Gasteiger partial charge on any atom is 0.272 e. The van der Waals surface area contributed by atoms with Crippen molar-refractivity contribution in [3.8, 4) is 5.75 Å². The van der Waals surface area contributed by atoms with Crippen molar-refractivity contribution in [2.75, 3.05) is 25.5 Å². The van der Waals surface area contributed by atoms with E-state index in [0.29, 0.717) is 24.4 Å². The number of methoxy groups -OCH3 is 1. The summed E-state index contributed by atoms with van der Waals surface area (Å²) in [7, 11) is -2.15. The van der Waals surface area contributed by atoms with Crippen molar-refractivity contribution < 1.29 is 17.9 Å². The lowest BCUT2D eigenvalue weighted by molar-refractivity contribution is 0.102. The van der Waals surface area contributed by atoms with E-state index >= 15 is 0 Å². The van der Waals surface area contributed by atoms with Crippen LogP contribution < -0.4 is 10.1 Å². The molecule has 0 bridgehead atoms. The molecule has 0 radical (unpaired) electrons. The lowest BCUT2D eigenvalue weighted by Gasteiger charge is -2.17. The first kappa shape index (κ1) is 18.7. The highest BCUT2D eigenvalue weighted by Gasteiger charge is 2.29. The van der Waals surface area contributed by atoms with E-state index in [-0.39, 0.29) is 9.47 Å². The van der Waals surface area contributed by atoms with E-state index in [0.717, 1.165) is 37.0 Å². The lowest BCUT2D eigenvalue weighted by atomic mass is 10.2. The number of nitrogens with one attached hydrogen (secondary N) is 1. The highest BCUT2D eigenvalue weighted by molar-refractivity contribution is 7.91. The van der Waals surface area contributed by atoms with Crippen LogP contribution in [0.2, 0.25) is 0 Å². The summed E-state index contributed by atoms with van der Waals surface area (Å²) in [5.74, 6) is 0.151. The number of hydrogen-bond donors (Lipinski definition) is 1.